The molecule has 31 heavy (non-hydrogen) atoms. The Hall–Kier alpha value is -2.84. The molecule has 9 heteroatoms. The standard InChI is InChI=1S/C20H17ClFN5OS.C2H6/c1-12-8-15(21)5-4-14(12)11-29-20-25-27-18(6-7-24-27)13(2)26(20)16-9-17(22)19(28-3)23-10-16;1-2/h4-10H,2,11H2,1,3H3;1-2H3. The van der Waals surface area contributed by atoms with Crippen molar-refractivity contribution in [1.29, 1.82) is 0 Å². The highest BCUT2D eigenvalue weighted by Crippen LogP contribution is 2.34. The smallest absolute Gasteiger partial charge is 0.250 e. The first-order valence-corrected chi connectivity index (χ1v) is 11.0. The third kappa shape index (κ3) is 4.75. The predicted molar refractivity (Wildman–Crippen MR) is 126 cm³/mol. The minimum Gasteiger partial charge on any atom is -0.479 e. The summed E-state index contributed by atoms with van der Waals surface area (Å²) in [5, 5.41) is 10.1. The first kappa shape index (κ1) is 22.8. The molecular weight excluding hydrogens is 437 g/mol. The number of thioether (sulfide) groups is 1. The Morgan fingerprint density at radius 3 is 2.68 bits per heavy atom. The molecule has 1 aliphatic heterocycles. The minimum atomic E-state index is -0.560. The summed E-state index contributed by atoms with van der Waals surface area (Å²) >= 11 is 7.55. The van der Waals surface area contributed by atoms with Gasteiger partial charge in [-0.3, -0.25) is 4.90 Å². The number of anilines is 1. The lowest BCUT2D eigenvalue weighted by molar-refractivity contribution is 0.369. The van der Waals surface area contributed by atoms with Crippen LogP contribution in [0.1, 0.15) is 30.7 Å². The summed E-state index contributed by atoms with van der Waals surface area (Å²) in [6, 6.07) is 8.92. The highest BCUT2D eigenvalue weighted by molar-refractivity contribution is 8.13. The fraction of sp³-hybridized carbons (Fsp3) is 0.227. The number of aryl methyl sites for hydroxylation is 1. The van der Waals surface area contributed by atoms with Crippen molar-refractivity contribution in [3.05, 3.63) is 77.0 Å². The van der Waals surface area contributed by atoms with Crippen LogP contribution in [0.5, 0.6) is 5.88 Å². The fourth-order valence-electron chi connectivity index (χ4n) is 2.95. The van der Waals surface area contributed by atoms with Crippen LogP contribution in [0.25, 0.3) is 5.70 Å². The second-order valence-electron chi connectivity index (χ2n) is 6.31. The number of rotatable bonds is 4. The van der Waals surface area contributed by atoms with Gasteiger partial charge in [0.2, 0.25) is 5.88 Å². The van der Waals surface area contributed by atoms with Crippen LogP contribution >= 0.6 is 23.4 Å². The third-order valence-corrected chi connectivity index (χ3v) is 5.68. The number of methoxy groups -OCH3 is 1. The van der Waals surface area contributed by atoms with Gasteiger partial charge in [0, 0.05) is 16.8 Å². The van der Waals surface area contributed by atoms with E-state index < -0.39 is 5.82 Å². The van der Waals surface area contributed by atoms with Gasteiger partial charge in [0.1, 0.15) is 5.69 Å². The molecule has 0 amide bonds. The molecule has 2 aromatic heterocycles. The molecule has 0 atom stereocenters. The molecule has 3 aromatic rings. The molecule has 0 spiro atoms. The van der Waals surface area contributed by atoms with E-state index in [2.05, 4.69) is 21.8 Å². The van der Waals surface area contributed by atoms with E-state index in [4.69, 9.17) is 16.3 Å². The van der Waals surface area contributed by atoms with Gasteiger partial charge < -0.3 is 4.74 Å². The number of amidine groups is 1. The molecule has 0 unspecified atom stereocenters. The molecule has 0 N–H and O–H groups in total. The van der Waals surface area contributed by atoms with Gasteiger partial charge in [-0.15, -0.1) is 9.89 Å². The fourth-order valence-corrected chi connectivity index (χ4v) is 4.27. The molecule has 6 nitrogen and oxygen atoms in total. The van der Waals surface area contributed by atoms with Gasteiger partial charge in [0.15, 0.2) is 11.0 Å². The minimum absolute atomic E-state index is 0.0654. The van der Waals surface area contributed by atoms with Gasteiger partial charge in [-0.1, -0.05) is 49.9 Å². The van der Waals surface area contributed by atoms with Crippen molar-refractivity contribution in [2.45, 2.75) is 26.5 Å². The van der Waals surface area contributed by atoms with Crippen molar-refractivity contribution < 1.29 is 9.13 Å². The van der Waals surface area contributed by atoms with Crippen LogP contribution in [-0.4, -0.2) is 27.2 Å². The summed E-state index contributed by atoms with van der Waals surface area (Å²) < 4.78 is 19.2. The van der Waals surface area contributed by atoms with E-state index in [1.54, 1.807) is 17.2 Å². The number of hydrogen-bond donors (Lipinski definition) is 0. The number of benzene rings is 1. The van der Waals surface area contributed by atoms with Crippen LogP contribution < -0.4 is 9.64 Å². The maximum absolute atomic E-state index is 14.3. The number of aromatic nitrogens is 3. The molecule has 1 aromatic carbocycles. The highest BCUT2D eigenvalue weighted by Gasteiger charge is 2.27. The van der Waals surface area contributed by atoms with E-state index in [0.717, 1.165) is 11.1 Å². The number of ether oxygens (including phenoxy) is 1. The molecule has 162 valence electrons. The Balaban J connectivity index is 0.00000132. The molecule has 1 aliphatic rings. The Bertz CT molecular complexity index is 1130. The number of fused-ring (bicyclic) bond motifs is 1. The van der Waals surface area contributed by atoms with Crippen molar-refractivity contribution in [1.82, 2.24) is 14.9 Å². The molecule has 0 aliphatic carbocycles. The second kappa shape index (κ2) is 9.98. The summed E-state index contributed by atoms with van der Waals surface area (Å²) in [4.78, 5) is 7.33. The van der Waals surface area contributed by atoms with Crippen LogP contribution in [-0.2, 0) is 5.75 Å². The van der Waals surface area contributed by atoms with Gasteiger partial charge >= 0.3 is 0 Å². The Morgan fingerprint density at radius 1 is 1.23 bits per heavy atom. The monoisotopic (exact) mass is 459 g/mol. The summed E-state index contributed by atoms with van der Waals surface area (Å²) in [7, 11) is 1.38. The van der Waals surface area contributed by atoms with Crippen molar-refractivity contribution in [3.63, 3.8) is 0 Å². The molecule has 0 radical (unpaired) electrons. The average molecular weight is 460 g/mol. The molecule has 0 saturated heterocycles. The molecule has 0 saturated carbocycles. The lowest BCUT2D eigenvalue weighted by Crippen LogP contribution is -2.32. The summed E-state index contributed by atoms with van der Waals surface area (Å²) in [5.74, 6) is 0.0213. The first-order valence-electron chi connectivity index (χ1n) is 9.67. The van der Waals surface area contributed by atoms with Gasteiger partial charge in [-0.2, -0.15) is 5.10 Å². The zero-order valence-electron chi connectivity index (χ0n) is 17.8. The normalized spacial score (nSPS) is 12.6. The van der Waals surface area contributed by atoms with Crippen LogP contribution in [0, 0.1) is 12.7 Å². The van der Waals surface area contributed by atoms with Crippen molar-refractivity contribution in [3.8, 4) is 5.88 Å². The third-order valence-electron chi connectivity index (χ3n) is 4.47. The zero-order chi connectivity index (χ0) is 22.5. The summed E-state index contributed by atoms with van der Waals surface area (Å²) in [6.45, 7) is 10.2. The van der Waals surface area contributed by atoms with Gasteiger partial charge in [-0.05, 0) is 36.2 Å². The Morgan fingerprint density at radius 2 is 2.00 bits per heavy atom. The molecule has 0 bridgehead atoms. The molecular formula is C22H23ClFN5OS. The van der Waals surface area contributed by atoms with Gasteiger partial charge in [0.05, 0.1) is 30.9 Å². The number of halogens is 2. The van der Waals surface area contributed by atoms with E-state index in [1.807, 2.05) is 39.0 Å². The Kier molecular flexibility index (Phi) is 7.35. The average Bonchev–Trinajstić information content (AvgIpc) is 3.24. The SMILES string of the molecule is C=C1c2ccnn2N=C(SCc2ccc(Cl)cc2C)N1c1cnc(OC)c(F)c1.CC. The highest BCUT2D eigenvalue weighted by atomic mass is 35.5. The number of nitrogens with zero attached hydrogens (tertiary/aromatic N) is 5. The zero-order valence-corrected chi connectivity index (χ0v) is 19.3. The topological polar surface area (TPSA) is 55.5 Å². The predicted octanol–water partition coefficient (Wildman–Crippen LogP) is 5.96. The van der Waals surface area contributed by atoms with Crippen molar-refractivity contribution in [2.75, 3.05) is 12.0 Å². The summed E-state index contributed by atoms with van der Waals surface area (Å²) in [5.41, 5.74) is 4.05. The van der Waals surface area contributed by atoms with Gasteiger partial charge in [-0.25, -0.2) is 9.37 Å². The van der Waals surface area contributed by atoms with E-state index in [1.165, 1.54) is 35.9 Å². The maximum Gasteiger partial charge on any atom is 0.250 e. The van der Waals surface area contributed by atoms with Crippen LogP contribution in [0.4, 0.5) is 10.1 Å². The van der Waals surface area contributed by atoms with E-state index >= 15 is 0 Å². The number of pyridine rings is 1. The Labute approximate surface area is 190 Å². The lowest BCUT2D eigenvalue weighted by atomic mass is 10.1. The maximum atomic E-state index is 14.3. The largest absolute Gasteiger partial charge is 0.479 e. The van der Waals surface area contributed by atoms with Gasteiger partial charge in [0.25, 0.3) is 0 Å². The van der Waals surface area contributed by atoms with E-state index in [9.17, 15) is 4.39 Å². The molecule has 0 fully saturated rings. The lowest BCUT2D eigenvalue weighted by Gasteiger charge is -2.30. The van der Waals surface area contributed by atoms with Crippen molar-refractivity contribution in [2.24, 2.45) is 5.10 Å². The van der Waals surface area contributed by atoms with E-state index in [0.29, 0.717) is 33.0 Å². The molecule has 4 rings (SSSR count). The van der Waals surface area contributed by atoms with Crippen LogP contribution in [0.15, 0.2) is 54.4 Å². The first-order chi connectivity index (χ1) is 15.0. The van der Waals surface area contributed by atoms with Crippen molar-refractivity contribution >= 4 is 39.9 Å². The molecule has 3 heterocycles. The number of hydrogen-bond acceptors (Lipinski definition) is 6. The summed E-state index contributed by atoms with van der Waals surface area (Å²) in [6.07, 6.45) is 3.18. The van der Waals surface area contributed by atoms with E-state index in [-0.39, 0.29) is 5.88 Å². The quantitative estimate of drug-likeness (QED) is 0.482. The van der Waals surface area contributed by atoms with Crippen LogP contribution in [0.3, 0.4) is 0 Å². The van der Waals surface area contributed by atoms with Crippen LogP contribution in [0.2, 0.25) is 5.02 Å². The second-order valence-corrected chi connectivity index (χ2v) is 7.69.